The zero-order valence-electron chi connectivity index (χ0n) is 13.0. The first-order valence-electron chi connectivity index (χ1n) is 7.64. The Labute approximate surface area is 145 Å². The molecule has 1 aromatic carbocycles. The maximum absolute atomic E-state index is 12.3. The average Bonchev–Trinajstić information content (AvgIpc) is 2.54. The lowest BCUT2D eigenvalue weighted by Crippen LogP contribution is -2.46. The summed E-state index contributed by atoms with van der Waals surface area (Å²) in [7, 11) is 0. The summed E-state index contributed by atoms with van der Waals surface area (Å²) < 4.78 is 5.47. The highest BCUT2D eigenvalue weighted by Gasteiger charge is 2.28. The minimum absolute atomic E-state index is 0.00617. The number of likely N-dealkylation sites (tertiary alicyclic amines) is 1. The van der Waals surface area contributed by atoms with Gasteiger partial charge in [0.25, 0.3) is 5.91 Å². The SMILES string of the molecule is CCNC(=O)C1CCCN(C(=O)COc2ccc(Cl)cc2Cl)C1. The molecule has 1 aromatic rings. The van der Waals surface area contributed by atoms with Gasteiger partial charge in [-0.05, 0) is 38.0 Å². The van der Waals surface area contributed by atoms with Crippen LogP contribution in [0.2, 0.25) is 10.0 Å². The van der Waals surface area contributed by atoms with Gasteiger partial charge >= 0.3 is 0 Å². The number of halogens is 2. The van der Waals surface area contributed by atoms with Crippen molar-refractivity contribution in [1.29, 1.82) is 0 Å². The Balaban J connectivity index is 1.88. The number of amides is 2. The molecule has 2 rings (SSSR count). The molecular formula is C16H20Cl2N2O3. The van der Waals surface area contributed by atoms with Gasteiger partial charge in [0.05, 0.1) is 10.9 Å². The van der Waals surface area contributed by atoms with E-state index in [2.05, 4.69) is 5.32 Å². The number of nitrogens with one attached hydrogen (secondary N) is 1. The van der Waals surface area contributed by atoms with Crippen LogP contribution in [0.15, 0.2) is 18.2 Å². The number of ether oxygens (including phenoxy) is 1. The number of carbonyl (C=O) groups excluding carboxylic acids is 2. The third kappa shape index (κ3) is 5.01. The third-order valence-electron chi connectivity index (χ3n) is 3.74. The number of hydrogen-bond acceptors (Lipinski definition) is 3. The number of hydrogen-bond donors (Lipinski definition) is 1. The summed E-state index contributed by atoms with van der Waals surface area (Å²) >= 11 is 11.8. The average molecular weight is 359 g/mol. The smallest absolute Gasteiger partial charge is 0.260 e. The molecule has 1 heterocycles. The fourth-order valence-electron chi connectivity index (χ4n) is 2.56. The molecule has 0 spiro atoms. The van der Waals surface area contributed by atoms with Crippen molar-refractivity contribution in [2.45, 2.75) is 19.8 Å². The van der Waals surface area contributed by atoms with Crippen molar-refractivity contribution >= 4 is 35.0 Å². The molecular weight excluding hydrogens is 339 g/mol. The van der Waals surface area contributed by atoms with Crippen LogP contribution in [0.3, 0.4) is 0 Å². The Kier molecular flexibility index (Phi) is 6.54. The Hall–Kier alpha value is -1.46. The molecule has 1 aliphatic heterocycles. The molecule has 1 saturated heterocycles. The predicted octanol–water partition coefficient (Wildman–Crippen LogP) is 2.75. The van der Waals surface area contributed by atoms with Crippen molar-refractivity contribution in [3.05, 3.63) is 28.2 Å². The molecule has 23 heavy (non-hydrogen) atoms. The molecule has 1 unspecified atom stereocenters. The second-order valence-corrected chi connectivity index (χ2v) is 6.28. The van der Waals surface area contributed by atoms with Crippen molar-refractivity contribution in [3.8, 4) is 5.75 Å². The summed E-state index contributed by atoms with van der Waals surface area (Å²) in [4.78, 5) is 25.9. The van der Waals surface area contributed by atoms with Gasteiger partial charge in [0.2, 0.25) is 5.91 Å². The standard InChI is InChI=1S/C16H20Cl2N2O3/c1-2-19-16(22)11-4-3-7-20(9-11)15(21)10-23-14-6-5-12(17)8-13(14)18/h5-6,8,11H,2-4,7,9-10H2,1H3,(H,19,22). The highest BCUT2D eigenvalue weighted by molar-refractivity contribution is 6.35. The summed E-state index contributed by atoms with van der Waals surface area (Å²) in [6, 6.07) is 4.85. The molecule has 1 fully saturated rings. The van der Waals surface area contributed by atoms with E-state index in [1.54, 1.807) is 23.1 Å². The van der Waals surface area contributed by atoms with Gasteiger partial charge in [-0.15, -0.1) is 0 Å². The Morgan fingerprint density at radius 3 is 2.87 bits per heavy atom. The van der Waals surface area contributed by atoms with Crippen LogP contribution < -0.4 is 10.1 Å². The molecule has 2 amide bonds. The second kappa shape index (κ2) is 8.41. The molecule has 1 aliphatic rings. The molecule has 5 nitrogen and oxygen atoms in total. The van der Waals surface area contributed by atoms with E-state index in [0.29, 0.717) is 35.4 Å². The lowest BCUT2D eigenvalue weighted by atomic mass is 9.97. The fraction of sp³-hybridized carbons (Fsp3) is 0.500. The number of benzene rings is 1. The molecule has 7 heteroatoms. The van der Waals surface area contributed by atoms with Crippen LogP contribution >= 0.6 is 23.2 Å². The largest absolute Gasteiger partial charge is 0.482 e. The minimum Gasteiger partial charge on any atom is -0.482 e. The van der Waals surface area contributed by atoms with Crippen molar-refractivity contribution in [3.63, 3.8) is 0 Å². The number of nitrogens with zero attached hydrogens (tertiary/aromatic N) is 1. The number of carbonyl (C=O) groups is 2. The Bertz CT molecular complexity index is 580. The van der Waals surface area contributed by atoms with E-state index in [0.717, 1.165) is 12.8 Å². The zero-order chi connectivity index (χ0) is 16.8. The van der Waals surface area contributed by atoms with E-state index >= 15 is 0 Å². The summed E-state index contributed by atoms with van der Waals surface area (Å²) in [6.07, 6.45) is 1.62. The summed E-state index contributed by atoms with van der Waals surface area (Å²) in [5.74, 6) is 0.130. The van der Waals surface area contributed by atoms with Crippen molar-refractivity contribution < 1.29 is 14.3 Å². The van der Waals surface area contributed by atoms with E-state index < -0.39 is 0 Å². The van der Waals surface area contributed by atoms with Crippen LogP contribution in [0.1, 0.15) is 19.8 Å². The molecule has 1 N–H and O–H groups in total. The first-order chi connectivity index (χ1) is 11.0. The normalized spacial score (nSPS) is 17.7. The van der Waals surface area contributed by atoms with E-state index in [-0.39, 0.29) is 24.3 Å². The fourth-order valence-corrected chi connectivity index (χ4v) is 3.02. The topological polar surface area (TPSA) is 58.6 Å². The van der Waals surface area contributed by atoms with Gasteiger partial charge in [-0.2, -0.15) is 0 Å². The van der Waals surface area contributed by atoms with Crippen LogP contribution in [-0.2, 0) is 9.59 Å². The van der Waals surface area contributed by atoms with Gasteiger partial charge in [0, 0.05) is 24.7 Å². The van der Waals surface area contributed by atoms with Crippen LogP contribution in [0, 0.1) is 5.92 Å². The molecule has 126 valence electrons. The number of rotatable bonds is 5. The van der Waals surface area contributed by atoms with E-state index in [9.17, 15) is 9.59 Å². The van der Waals surface area contributed by atoms with E-state index in [1.165, 1.54) is 0 Å². The van der Waals surface area contributed by atoms with Gasteiger partial charge in [-0.3, -0.25) is 9.59 Å². The van der Waals surface area contributed by atoms with Gasteiger partial charge in [0.1, 0.15) is 5.75 Å². The van der Waals surface area contributed by atoms with Gasteiger partial charge < -0.3 is 15.0 Å². The quantitative estimate of drug-likeness (QED) is 0.880. The predicted molar refractivity (Wildman–Crippen MR) is 89.9 cm³/mol. The molecule has 0 saturated carbocycles. The molecule has 0 radical (unpaired) electrons. The van der Waals surface area contributed by atoms with E-state index in [1.807, 2.05) is 6.92 Å². The first-order valence-corrected chi connectivity index (χ1v) is 8.40. The third-order valence-corrected chi connectivity index (χ3v) is 4.27. The molecule has 0 aliphatic carbocycles. The van der Waals surface area contributed by atoms with Crippen LogP contribution in [0.25, 0.3) is 0 Å². The first kappa shape index (κ1) is 17.9. The molecule has 1 atom stereocenters. The van der Waals surface area contributed by atoms with Crippen LogP contribution in [0.4, 0.5) is 0 Å². The molecule has 0 aromatic heterocycles. The van der Waals surface area contributed by atoms with Gasteiger partial charge in [-0.1, -0.05) is 23.2 Å². The van der Waals surface area contributed by atoms with Gasteiger partial charge in [0.15, 0.2) is 6.61 Å². The molecule has 0 bridgehead atoms. The highest BCUT2D eigenvalue weighted by Crippen LogP contribution is 2.27. The maximum Gasteiger partial charge on any atom is 0.260 e. The summed E-state index contributed by atoms with van der Waals surface area (Å²) in [5, 5.41) is 3.68. The highest BCUT2D eigenvalue weighted by atomic mass is 35.5. The van der Waals surface area contributed by atoms with Crippen molar-refractivity contribution in [2.75, 3.05) is 26.2 Å². The van der Waals surface area contributed by atoms with E-state index in [4.69, 9.17) is 27.9 Å². The van der Waals surface area contributed by atoms with Crippen molar-refractivity contribution in [1.82, 2.24) is 10.2 Å². The second-order valence-electron chi connectivity index (χ2n) is 5.44. The van der Waals surface area contributed by atoms with Crippen LogP contribution in [-0.4, -0.2) is 43.0 Å². The number of piperidine rings is 1. The van der Waals surface area contributed by atoms with Crippen LogP contribution in [0.5, 0.6) is 5.75 Å². The van der Waals surface area contributed by atoms with Gasteiger partial charge in [-0.25, -0.2) is 0 Å². The summed E-state index contributed by atoms with van der Waals surface area (Å²) in [5.41, 5.74) is 0. The lowest BCUT2D eigenvalue weighted by Gasteiger charge is -2.32. The maximum atomic E-state index is 12.3. The lowest BCUT2D eigenvalue weighted by molar-refractivity contribution is -0.137. The van der Waals surface area contributed by atoms with Crippen molar-refractivity contribution in [2.24, 2.45) is 5.92 Å². The monoisotopic (exact) mass is 358 g/mol. The zero-order valence-corrected chi connectivity index (χ0v) is 14.5. The minimum atomic E-state index is -0.148. The Morgan fingerprint density at radius 2 is 2.17 bits per heavy atom. The summed E-state index contributed by atoms with van der Waals surface area (Å²) in [6.45, 7) is 3.45. The Morgan fingerprint density at radius 1 is 1.39 bits per heavy atom.